The fourth-order valence-electron chi connectivity index (χ4n) is 0.387. The van der Waals surface area contributed by atoms with Crippen molar-refractivity contribution in [3.05, 3.63) is 12.7 Å². The van der Waals surface area contributed by atoms with E-state index < -0.39 is 0 Å². The van der Waals surface area contributed by atoms with Crippen molar-refractivity contribution in [1.29, 1.82) is 0 Å². The summed E-state index contributed by atoms with van der Waals surface area (Å²) in [5.74, 6) is 0. The zero-order chi connectivity index (χ0) is 9.33. The van der Waals surface area contributed by atoms with Gasteiger partial charge in [-0.3, -0.25) is 0 Å². The first-order valence-electron chi connectivity index (χ1n) is 3.70. The number of rotatable bonds is 3. The topological polar surface area (TPSA) is 46.2 Å². The van der Waals surface area contributed by atoms with Gasteiger partial charge in [0.15, 0.2) is 0 Å². The van der Waals surface area contributed by atoms with Crippen molar-refractivity contribution in [3.8, 4) is 0 Å². The normalized spacial score (nSPS) is 9.08. The van der Waals surface area contributed by atoms with Crippen LogP contribution < -0.4 is 18.1 Å². The lowest BCUT2D eigenvalue weighted by atomic mass is 10.5. The molecule has 0 amide bonds. The van der Waals surface area contributed by atoms with Gasteiger partial charge in [0, 0.05) is 6.54 Å². The van der Waals surface area contributed by atoms with E-state index in [4.69, 9.17) is 10.8 Å². The first-order chi connectivity index (χ1) is 4.97. The number of hydrogen-bond donors (Lipinski definition) is 2. The highest BCUT2D eigenvalue weighted by molar-refractivity contribution is 4.63. The molecular formula is C8H21ClN2O. The van der Waals surface area contributed by atoms with Crippen molar-refractivity contribution in [2.45, 2.75) is 0 Å². The van der Waals surface area contributed by atoms with Gasteiger partial charge < -0.3 is 27.7 Å². The van der Waals surface area contributed by atoms with Crippen LogP contribution in [0.2, 0.25) is 0 Å². The molecule has 0 radical (unpaired) electrons. The second kappa shape index (κ2) is 10.9. The third kappa shape index (κ3) is 32.6. The summed E-state index contributed by atoms with van der Waals surface area (Å²) in [6.45, 7) is 5.14. The number of aliphatic hydroxyl groups is 1. The minimum atomic E-state index is 0. The minimum Gasteiger partial charge on any atom is -1.00 e. The molecule has 0 aromatic carbocycles. The maximum absolute atomic E-state index is 7.75. The fourth-order valence-corrected chi connectivity index (χ4v) is 0.387. The molecule has 0 atom stereocenters. The Labute approximate surface area is 81.9 Å². The maximum atomic E-state index is 7.75. The van der Waals surface area contributed by atoms with E-state index in [1.807, 2.05) is 6.08 Å². The fraction of sp³-hybridized carbons (Fsp3) is 0.750. The van der Waals surface area contributed by atoms with E-state index in [2.05, 4.69) is 27.7 Å². The van der Waals surface area contributed by atoms with Gasteiger partial charge in [-0.05, 0) is 6.08 Å². The molecule has 12 heavy (non-hydrogen) atoms. The number of nitrogens with zero attached hydrogens (tertiary/aromatic N) is 1. The van der Waals surface area contributed by atoms with E-state index in [1.165, 1.54) is 0 Å². The Kier molecular flexibility index (Phi) is 16.2. The van der Waals surface area contributed by atoms with Crippen LogP contribution >= 0.6 is 0 Å². The van der Waals surface area contributed by atoms with Crippen LogP contribution in [0, 0.1) is 0 Å². The molecule has 4 heteroatoms. The molecule has 0 fully saturated rings. The molecule has 0 aliphatic carbocycles. The molecule has 3 nitrogen and oxygen atoms in total. The van der Waals surface area contributed by atoms with Gasteiger partial charge in [-0.15, -0.1) is 0 Å². The summed E-state index contributed by atoms with van der Waals surface area (Å²) in [5.41, 5.74) is 4.78. The van der Waals surface area contributed by atoms with Crippen LogP contribution in [0.3, 0.4) is 0 Å². The third-order valence-corrected chi connectivity index (χ3v) is 0.806. The number of likely N-dealkylation sites (N-methyl/N-ethyl adjacent to an activating group) is 1. The average molecular weight is 197 g/mol. The highest BCUT2D eigenvalue weighted by Gasteiger charge is 1.99. The first kappa shape index (κ1) is 17.9. The van der Waals surface area contributed by atoms with E-state index in [0.717, 1.165) is 11.0 Å². The Morgan fingerprint density at radius 3 is 1.75 bits per heavy atom. The lowest BCUT2D eigenvalue weighted by Gasteiger charge is -2.21. The average Bonchev–Trinajstić information content (AvgIpc) is 1.86. The van der Waals surface area contributed by atoms with Gasteiger partial charge in [0.25, 0.3) is 0 Å². The number of nitrogens with two attached hydrogens (primary N) is 1. The molecule has 0 spiro atoms. The van der Waals surface area contributed by atoms with Crippen molar-refractivity contribution in [1.82, 2.24) is 0 Å². The number of quaternary nitrogens is 1. The summed E-state index contributed by atoms with van der Waals surface area (Å²) >= 11 is 0. The molecule has 0 saturated heterocycles. The van der Waals surface area contributed by atoms with E-state index in [-0.39, 0.29) is 19.0 Å². The highest BCUT2D eigenvalue weighted by atomic mass is 35.5. The van der Waals surface area contributed by atoms with Crippen LogP contribution in [-0.4, -0.2) is 50.4 Å². The molecule has 0 unspecified atom stereocenters. The molecule has 0 heterocycles. The van der Waals surface area contributed by atoms with Gasteiger partial charge in [0.1, 0.15) is 0 Å². The van der Waals surface area contributed by atoms with E-state index in [1.54, 1.807) is 0 Å². The Morgan fingerprint density at radius 2 is 1.75 bits per heavy atom. The van der Waals surface area contributed by atoms with Crippen molar-refractivity contribution >= 4 is 0 Å². The molecule has 3 N–H and O–H groups in total. The Morgan fingerprint density at radius 1 is 1.42 bits per heavy atom. The molecule has 76 valence electrons. The van der Waals surface area contributed by atoms with Crippen LogP contribution in [0.4, 0.5) is 0 Å². The van der Waals surface area contributed by atoms with E-state index >= 15 is 0 Å². The van der Waals surface area contributed by atoms with Crippen LogP contribution in [0.25, 0.3) is 0 Å². The summed E-state index contributed by atoms with van der Waals surface area (Å²) in [7, 11) is 6.42. The lowest BCUT2D eigenvalue weighted by molar-refractivity contribution is -0.864. The molecule has 0 aromatic rings. The van der Waals surface area contributed by atoms with Gasteiger partial charge >= 0.3 is 0 Å². The zero-order valence-corrected chi connectivity index (χ0v) is 9.01. The standard InChI is InChI=1S/C6H14N.C2H7NO.ClH/c1-5-6-7(2,3)4;3-1-2-4;/h5H,1,6H2,2-4H3;4H,1-3H2;1H/q+1;;/p-1. The Balaban J connectivity index is -0.000000142. The molecule has 0 rings (SSSR count). The number of aliphatic hydroxyl groups excluding tert-OH is 1. The second-order valence-corrected chi connectivity index (χ2v) is 3.27. The molecule has 0 aliphatic rings. The minimum absolute atomic E-state index is 0. The van der Waals surface area contributed by atoms with Crippen LogP contribution in [0.1, 0.15) is 0 Å². The molecule has 0 aliphatic heterocycles. The van der Waals surface area contributed by atoms with Gasteiger partial charge in [0.05, 0.1) is 34.3 Å². The van der Waals surface area contributed by atoms with Crippen molar-refractivity contribution in [2.75, 3.05) is 40.8 Å². The largest absolute Gasteiger partial charge is 1.00 e. The summed E-state index contributed by atoms with van der Waals surface area (Å²) in [5, 5.41) is 7.75. The summed E-state index contributed by atoms with van der Waals surface area (Å²) < 4.78 is 0.976. The SMILES string of the molecule is C=CC[N+](C)(C)C.NCCO.[Cl-]. The molecule has 0 saturated carbocycles. The summed E-state index contributed by atoms with van der Waals surface area (Å²) in [6, 6.07) is 0. The van der Waals surface area contributed by atoms with Crippen molar-refractivity contribution in [2.24, 2.45) is 5.73 Å². The van der Waals surface area contributed by atoms with Gasteiger partial charge in [-0.1, -0.05) is 6.58 Å². The number of halogens is 1. The molecule has 0 aromatic heterocycles. The first-order valence-corrected chi connectivity index (χ1v) is 3.70. The Bertz CT molecular complexity index is 89.5. The van der Waals surface area contributed by atoms with E-state index in [9.17, 15) is 0 Å². The monoisotopic (exact) mass is 196 g/mol. The highest BCUT2D eigenvalue weighted by Crippen LogP contribution is 1.86. The summed E-state index contributed by atoms with van der Waals surface area (Å²) in [4.78, 5) is 0. The molecule has 0 bridgehead atoms. The second-order valence-electron chi connectivity index (χ2n) is 3.27. The Hall–Kier alpha value is -0.0900. The smallest absolute Gasteiger partial charge is 0.0964 e. The zero-order valence-electron chi connectivity index (χ0n) is 8.26. The predicted molar refractivity (Wildman–Crippen MR) is 49.2 cm³/mol. The predicted octanol–water partition coefficient (Wildman–Crippen LogP) is -3.18. The van der Waals surface area contributed by atoms with Gasteiger partial charge in [-0.25, -0.2) is 0 Å². The van der Waals surface area contributed by atoms with Crippen LogP contribution in [0.15, 0.2) is 12.7 Å². The van der Waals surface area contributed by atoms with Crippen LogP contribution in [-0.2, 0) is 0 Å². The van der Waals surface area contributed by atoms with Gasteiger partial charge in [0.2, 0.25) is 0 Å². The van der Waals surface area contributed by atoms with E-state index in [0.29, 0.717) is 6.54 Å². The third-order valence-electron chi connectivity index (χ3n) is 0.806. The summed E-state index contributed by atoms with van der Waals surface area (Å²) in [6.07, 6.45) is 1.93. The van der Waals surface area contributed by atoms with Crippen molar-refractivity contribution in [3.63, 3.8) is 0 Å². The van der Waals surface area contributed by atoms with Gasteiger partial charge in [-0.2, -0.15) is 0 Å². The lowest BCUT2D eigenvalue weighted by Crippen LogP contribution is -3.00. The maximum Gasteiger partial charge on any atom is 0.0964 e. The number of hydrogen-bond acceptors (Lipinski definition) is 2. The van der Waals surface area contributed by atoms with Crippen LogP contribution in [0.5, 0.6) is 0 Å². The molecular weight excluding hydrogens is 176 g/mol. The van der Waals surface area contributed by atoms with Crippen molar-refractivity contribution < 1.29 is 22.0 Å². The quantitative estimate of drug-likeness (QED) is 0.370.